The first kappa shape index (κ1) is 10.4. The van der Waals surface area contributed by atoms with Crippen molar-refractivity contribution in [2.45, 2.75) is 25.5 Å². The molecule has 0 radical (unpaired) electrons. The molecule has 17 heavy (non-hydrogen) atoms. The minimum Gasteiger partial charge on any atom is -0.507 e. The zero-order valence-electron chi connectivity index (χ0n) is 9.37. The predicted octanol–water partition coefficient (Wildman–Crippen LogP) is 2.08. The number of aliphatic hydroxyl groups is 1. The molecule has 0 fully saturated rings. The minimum absolute atomic E-state index is 0.246. The fourth-order valence-corrected chi connectivity index (χ4v) is 2.37. The maximum Gasteiger partial charge on any atom is 0.138 e. The van der Waals surface area contributed by atoms with E-state index in [-0.39, 0.29) is 5.75 Å². The summed E-state index contributed by atoms with van der Waals surface area (Å²) in [6.45, 7) is 0.843. The molecule has 2 N–H and O–H groups in total. The van der Waals surface area contributed by atoms with Crippen LogP contribution in [0.1, 0.15) is 24.8 Å². The quantitative estimate of drug-likeness (QED) is 0.788. The van der Waals surface area contributed by atoms with Gasteiger partial charge in [0, 0.05) is 12.1 Å². The summed E-state index contributed by atoms with van der Waals surface area (Å²) < 4.78 is 1.99. The number of benzene rings is 1. The van der Waals surface area contributed by atoms with Crippen molar-refractivity contribution in [3.05, 3.63) is 36.3 Å². The topological polar surface area (TPSA) is 58.3 Å². The average molecular weight is 230 g/mol. The predicted molar refractivity (Wildman–Crippen MR) is 63.5 cm³/mol. The molecule has 1 atom stereocenters. The van der Waals surface area contributed by atoms with Crippen molar-refractivity contribution in [3.63, 3.8) is 0 Å². The van der Waals surface area contributed by atoms with E-state index in [0.29, 0.717) is 5.82 Å². The summed E-state index contributed by atoms with van der Waals surface area (Å²) in [6, 6.07) is 7.20. The number of hydrogen-bond donors (Lipinski definition) is 2. The number of aromatic hydroxyl groups is 1. The molecular formula is C13H14N2O2. The molecule has 1 unspecified atom stereocenters. The van der Waals surface area contributed by atoms with Gasteiger partial charge < -0.3 is 14.8 Å². The molecule has 0 aliphatic carbocycles. The van der Waals surface area contributed by atoms with Crippen molar-refractivity contribution in [2.75, 3.05) is 0 Å². The first-order chi connectivity index (χ1) is 8.27. The highest BCUT2D eigenvalue weighted by Crippen LogP contribution is 2.33. The smallest absolute Gasteiger partial charge is 0.138 e. The highest BCUT2D eigenvalue weighted by Gasteiger charge is 2.23. The fourth-order valence-electron chi connectivity index (χ4n) is 2.37. The van der Waals surface area contributed by atoms with Crippen LogP contribution in [0.4, 0.5) is 0 Å². The van der Waals surface area contributed by atoms with Crippen LogP contribution in [0.2, 0.25) is 0 Å². The molecule has 1 aliphatic rings. The fraction of sp³-hybridized carbons (Fsp3) is 0.308. The number of para-hydroxylation sites is 1. The van der Waals surface area contributed by atoms with Gasteiger partial charge in [0.25, 0.3) is 0 Å². The second-order valence-corrected chi connectivity index (χ2v) is 4.33. The molecular weight excluding hydrogens is 216 g/mol. The number of hydrogen-bond acceptors (Lipinski definition) is 3. The van der Waals surface area contributed by atoms with Crippen molar-refractivity contribution < 1.29 is 10.2 Å². The van der Waals surface area contributed by atoms with Gasteiger partial charge in [0.2, 0.25) is 0 Å². The molecule has 0 saturated carbocycles. The minimum atomic E-state index is -0.483. The van der Waals surface area contributed by atoms with Crippen LogP contribution < -0.4 is 0 Å². The Morgan fingerprint density at radius 2 is 2.12 bits per heavy atom. The zero-order chi connectivity index (χ0) is 11.8. The zero-order valence-corrected chi connectivity index (χ0v) is 9.37. The third-order valence-electron chi connectivity index (χ3n) is 3.22. The molecule has 4 nitrogen and oxygen atoms in total. The summed E-state index contributed by atoms with van der Waals surface area (Å²) in [5, 5.41) is 19.7. The Kier molecular flexibility index (Phi) is 2.37. The van der Waals surface area contributed by atoms with E-state index in [1.807, 2.05) is 16.7 Å². The summed E-state index contributed by atoms with van der Waals surface area (Å²) in [5.74, 6) is 0.949. The van der Waals surface area contributed by atoms with Crippen molar-refractivity contribution in [3.8, 4) is 17.0 Å². The molecule has 1 aliphatic heterocycles. The lowest BCUT2D eigenvalue weighted by atomic mass is 10.1. The summed E-state index contributed by atoms with van der Waals surface area (Å²) in [4.78, 5) is 4.26. The maximum absolute atomic E-state index is 9.85. The lowest BCUT2D eigenvalue weighted by Gasteiger charge is -2.21. The van der Waals surface area contributed by atoms with Crippen LogP contribution in [0, 0.1) is 0 Å². The molecule has 2 heterocycles. The van der Waals surface area contributed by atoms with Crippen LogP contribution in [0.3, 0.4) is 0 Å². The second-order valence-electron chi connectivity index (χ2n) is 4.33. The Balaban J connectivity index is 2.14. The van der Waals surface area contributed by atoms with E-state index in [0.717, 1.165) is 30.6 Å². The number of rotatable bonds is 1. The molecule has 0 spiro atoms. The van der Waals surface area contributed by atoms with E-state index in [1.165, 1.54) is 0 Å². The van der Waals surface area contributed by atoms with Gasteiger partial charge in [-0.25, -0.2) is 4.98 Å². The van der Waals surface area contributed by atoms with Crippen LogP contribution in [0.15, 0.2) is 30.5 Å². The lowest BCUT2D eigenvalue weighted by Crippen LogP contribution is -2.16. The number of imidazole rings is 1. The molecule has 2 aromatic rings. The number of phenols is 1. The monoisotopic (exact) mass is 230 g/mol. The van der Waals surface area contributed by atoms with Gasteiger partial charge in [0.05, 0.1) is 11.9 Å². The lowest BCUT2D eigenvalue weighted by molar-refractivity contribution is 0.134. The van der Waals surface area contributed by atoms with Gasteiger partial charge in [0.15, 0.2) is 0 Å². The first-order valence-corrected chi connectivity index (χ1v) is 5.79. The van der Waals surface area contributed by atoms with Crippen molar-refractivity contribution in [1.82, 2.24) is 9.55 Å². The molecule has 3 rings (SSSR count). The van der Waals surface area contributed by atoms with E-state index >= 15 is 0 Å². The van der Waals surface area contributed by atoms with Gasteiger partial charge in [0.1, 0.15) is 17.7 Å². The van der Waals surface area contributed by atoms with Crippen molar-refractivity contribution in [1.29, 1.82) is 0 Å². The van der Waals surface area contributed by atoms with Gasteiger partial charge in [-0.1, -0.05) is 12.1 Å². The highest BCUT2D eigenvalue weighted by atomic mass is 16.3. The van der Waals surface area contributed by atoms with Crippen LogP contribution >= 0.6 is 0 Å². The Morgan fingerprint density at radius 3 is 2.94 bits per heavy atom. The van der Waals surface area contributed by atoms with E-state index in [9.17, 15) is 10.2 Å². The maximum atomic E-state index is 9.85. The number of aromatic nitrogens is 2. The summed E-state index contributed by atoms with van der Waals surface area (Å²) in [6.07, 6.45) is 2.93. The molecule has 1 aromatic carbocycles. The Hall–Kier alpha value is -1.81. The van der Waals surface area contributed by atoms with Crippen LogP contribution in [0.5, 0.6) is 5.75 Å². The van der Waals surface area contributed by atoms with Gasteiger partial charge in [-0.3, -0.25) is 0 Å². The number of fused-ring (bicyclic) bond motifs is 1. The largest absolute Gasteiger partial charge is 0.507 e. The Labute approximate surface area is 99.2 Å². The van der Waals surface area contributed by atoms with E-state index in [2.05, 4.69) is 4.98 Å². The number of nitrogens with zero attached hydrogens (tertiary/aromatic N) is 2. The summed E-state index contributed by atoms with van der Waals surface area (Å²) >= 11 is 0. The standard InChI is InChI=1S/C13H14N2O2/c16-11-5-2-1-4-9(11)10-8-14-13-12(17)6-3-7-15(10)13/h1-2,4-5,8,12,16-17H,3,6-7H2. The second kappa shape index (κ2) is 3.89. The van der Waals surface area contributed by atoms with Crippen LogP contribution in [0.25, 0.3) is 11.3 Å². The van der Waals surface area contributed by atoms with E-state index < -0.39 is 6.10 Å². The SMILES string of the molecule is Oc1ccccc1-c1cnc2n1CCCC2O. The average Bonchev–Trinajstić information content (AvgIpc) is 2.75. The molecule has 1 aromatic heterocycles. The van der Waals surface area contributed by atoms with Gasteiger partial charge in [-0.05, 0) is 25.0 Å². The van der Waals surface area contributed by atoms with Crippen LogP contribution in [-0.2, 0) is 6.54 Å². The van der Waals surface area contributed by atoms with Gasteiger partial charge >= 0.3 is 0 Å². The summed E-state index contributed by atoms with van der Waals surface area (Å²) in [5.41, 5.74) is 1.64. The molecule has 4 heteroatoms. The van der Waals surface area contributed by atoms with E-state index in [1.54, 1.807) is 18.3 Å². The molecule has 0 saturated heterocycles. The molecule has 88 valence electrons. The third kappa shape index (κ3) is 1.61. The first-order valence-electron chi connectivity index (χ1n) is 5.79. The normalized spacial score (nSPS) is 19.0. The van der Waals surface area contributed by atoms with Gasteiger partial charge in [-0.15, -0.1) is 0 Å². The number of aliphatic hydroxyl groups excluding tert-OH is 1. The Morgan fingerprint density at radius 1 is 1.29 bits per heavy atom. The van der Waals surface area contributed by atoms with Gasteiger partial charge in [-0.2, -0.15) is 0 Å². The summed E-state index contributed by atoms with van der Waals surface area (Å²) in [7, 11) is 0. The Bertz CT molecular complexity index is 548. The third-order valence-corrected chi connectivity index (χ3v) is 3.22. The molecule has 0 bridgehead atoms. The van der Waals surface area contributed by atoms with E-state index in [4.69, 9.17) is 0 Å². The van der Waals surface area contributed by atoms with Crippen LogP contribution in [-0.4, -0.2) is 19.8 Å². The van der Waals surface area contributed by atoms with Crippen molar-refractivity contribution >= 4 is 0 Å². The number of phenolic OH excluding ortho intramolecular Hbond substituents is 1. The highest BCUT2D eigenvalue weighted by molar-refractivity contribution is 5.66. The van der Waals surface area contributed by atoms with Crippen molar-refractivity contribution in [2.24, 2.45) is 0 Å². The molecule has 0 amide bonds.